The minimum Gasteiger partial charge on any atom is -0.486 e. The Bertz CT molecular complexity index is 883. The van der Waals surface area contributed by atoms with Gasteiger partial charge in [-0.1, -0.05) is 30.3 Å². The summed E-state index contributed by atoms with van der Waals surface area (Å²) in [6.07, 6.45) is 0.221. The lowest BCUT2D eigenvalue weighted by atomic mass is 10.0. The molecule has 2 amide bonds. The fraction of sp³-hybridized carbons (Fsp3) is 0.364. The van der Waals surface area contributed by atoms with Crippen LogP contribution in [0.25, 0.3) is 0 Å². The molecular formula is C22H24N2O4. The number of hydrogen-bond donors (Lipinski definition) is 0. The fourth-order valence-electron chi connectivity index (χ4n) is 3.76. The van der Waals surface area contributed by atoms with Gasteiger partial charge in [-0.25, -0.2) is 0 Å². The number of hydrogen-bond acceptors (Lipinski definition) is 4. The van der Waals surface area contributed by atoms with Crippen molar-refractivity contribution in [2.45, 2.75) is 19.4 Å². The van der Waals surface area contributed by atoms with Crippen LogP contribution in [0.3, 0.4) is 0 Å². The van der Waals surface area contributed by atoms with E-state index in [0.29, 0.717) is 31.3 Å². The standard InChI is InChI=1S/C22H24N2O4/c1-15(16-6-4-3-5-7-16)23(2)22(26)17-12-21(25)24(14-17)18-8-9-19-20(13-18)28-11-10-27-19/h3-9,13,15,17H,10-12,14H2,1-2H3. The van der Waals surface area contributed by atoms with Crippen LogP contribution in [0.1, 0.15) is 24.9 Å². The summed E-state index contributed by atoms with van der Waals surface area (Å²) in [5.74, 6) is 0.921. The second kappa shape index (κ2) is 7.54. The zero-order valence-electron chi connectivity index (χ0n) is 16.1. The molecule has 2 aliphatic rings. The van der Waals surface area contributed by atoms with Crippen LogP contribution in [0.4, 0.5) is 5.69 Å². The third kappa shape index (κ3) is 3.42. The van der Waals surface area contributed by atoms with Crippen LogP contribution in [0, 0.1) is 5.92 Å². The highest BCUT2D eigenvalue weighted by atomic mass is 16.6. The van der Waals surface area contributed by atoms with Gasteiger partial charge in [0.15, 0.2) is 11.5 Å². The molecular weight excluding hydrogens is 356 g/mol. The van der Waals surface area contributed by atoms with Gasteiger partial charge in [-0.2, -0.15) is 0 Å². The maximum absolute atomic E-state index is 13.0. The minimum absolute atomic E-state index is 0.00949. The SMILES string of the molecule is CC(c1ccccc1)N(C)C(=O)C1CC(=O)N(c2ccc3c(c2)OCCO3)C1. The summed E-state index contributed by atoms with van der Waals surface area (Å²) in [4.78, 5) is 29.0. The average Bonchev–Trinajstić information content (AvgIpc) is 3.14. The van der Waals surface area contributed by atoms with E-state index in [9.17, 15) is 9.59 Å². The Morgan fingerprint density at radius 3 is 2.57 bits per heavy atom. The molecule has 4 rings (SSSR count). The van der Waals surface area contributed by atoms with E-state index in [-0.39, 0.29) is 30.2 Å². The van der Waals surface area contributed by atoms with Crippen LogP contribution in [0.2, 0.25) is 0 Å². The lowest BCUT2D eigenvalue weighted by molar-refractivity contribution is -0.136. The molecule has 0 radical (unpaired) electrons. The Hall–Kier alpha value is -3.02. The Morgan fingerprint density at radius 1 is 1.11 bits per heavy atom. The van der Waals surface area contributed by atoms with Crippen LogP contribution in [0.15, 0.2) is 48.5 Å². The van der Waals surface area contributed by atoms with Crippen LogP contribution < -0.4 is 14.4 Å². The molecule has 146 valence electrons. The van der Waals surface area contributed by atoms with Gasteiger partial charge in [0.05, 0.1) is 12.0 Å². The summed E-state index contributed by atoms with van der Waals surface area (Å²) in [5, 5.41) is 0. The second-order valence-corrected chi connectivity index (χ2v) is 7.27. The highest BCUT2D eigenvalue weighted by Gasteiger charge is 2.37. The summed E-state index contributed by atoms with van der Waals surface area (Å²) in [5.41, 5.74) is 1.81. The van der Waals surface area contributed by atoms with E-state index in [1.54, 1.807) is 16.8 Å². The molecule has 2 aliphatic heterocycles. The number of rotatable bonds is 4. The summed E-state index contributed by atoms with van der Waals surface area (Å²) >= 11 is 0. The lowest BCUT2D eigenvalue weighted by Gasteiger charge is -2.28. The Kier molecular flexibility index (Phi) is 4.94. The topological polar surface area (TPSA) is 59.1 Å². The first-order chi connectivity index (χ1) is 13.5. The molecule has 0 aromatic heterocycles. The van der Waals surface area contributed by atoms with Gasteiger partial charge in [-0.3, -0.25) is 9.59 Å². The summed E-state index contributed by atoms with van der Waals surface area (Å²) in [6.45, 7) is 3.40. The maximum atomic E-state index is 13.0. The van der Waals surface area contributed by atoms with E-state index in [4.69, 9.17) is 9.47 Å². The van der Waals surface area contributed by atoms with Gasteiger partial charge in [0.25, 0.3) is 0 Å². The van der Waals surface area contributed by atoms with Crippen LogP contribution in [-0.4, -0.2) is 43.5 Å². The molecule has 1 saturated heterocycles. The van der Waals surface area contributed by atoms with Gasteiger partial charge in [-0.05, 0) is 24.6 Å². The molecule has 1 fully saturated rings. The highest BCUT2D eigenvalue weighted by Crippen LogP contribution is 2.36. The number of amides is 2. The van der Waals surface area contributed by atoms with Gasteiger partial charge >= 0.3 is 0 Å². The third-order valence-corrected chi connectivity index (χ3v) is 5.52. The fourth-order valence-corrected chi connectivity index (χ4v) is 3.76. The number of ether oxygens (including phenoxy) is 2. The van der Waals surface area contributed by atoms with E-state index in [1.165, 1.54) is 0 Å². The zero-order chi connectivity index (χ0) is 19.7. The van der Waals surface area contributed by atoms with E-state index in [2.05, 4.69) is 0 Å². The molecule has 28 heavy (non-hydrogen) atoms. The van der Waals surface area contributed by atoms with E-state index >= 15 is 0 Å². The number of benzene rings is 2. The molecule has 6 nitrogen and oxygen atoms in total. The predicted molar refractivity (Wildman–Crippen MR) is 106 cm³/mol. The molecule has 0 bridgehead atoms. The molecule has 2 heterocycles. The Labute approximate surface area is 164 Å². The van der Waals surface area contributed by atoms with E-state index in [0.717, 1.165) is 11.3 Å². The number of carbonyl (C=O) groups excluding carboxylic acids is 2. The van der Waals surface area contributed by atoms with Crippen molar-refractivity contribution in [2.75, 3.05) is 31.7 Å². The third-order valence-electron chi connectivity index (χ3n) is 5.52. The molecule has 2 atom stereocenters. The highest BCUT2D eigenvalue weighted by molar-refractivity contribution is 6.00. The molecule has 0 spiro atoms. The van der Waals surface area contributed by atoms with Gasteiger partial charge < -0.3 is 19.3 Å². The number of fused-ring (bicyclic) bond motifs is 1. The Morgan fingerprint density at radius 2 is 1.82 bits per heavy atom. The Balaban J connectivity index is 1.47. The van der Waals surface area contributed by atoms with E-state index < -0.39 is 0 Å². The molecule has 0 saturated carbocycles. The van der Waals surface area contributed by atoms with Crippen molar-refractivity contribution >= 4 is 17.5 Å². The molecule has 6 heteroatoms. The summed E-state index contributed by atoms with van der Waals surface area (Å²) in [7, 11) is 1.80. The van der Waals surface area contributed by atoms with Crippen molar-refractivity contribution in [2.24, 2.45) is 5.92 Å². The molecule has 0 aliphatic carbocycles. The van der Waals surface area contributed by atoms with Gasteiger partial charge in [0, 0.05) is 31.8 Å². The van der Waals surface area contributed by atoms with Crippen LogP contribution in [0.5, 0.6) is 11.5 Å². The second-order valence-electron chi connectivity index (χ2n) is 7.27. The van der Waals surface area contributed by atoms with Crippen molar-refractivity contribution in [3.8, 4) is 11.5 Å². The molecule has 2 aromatic rings. The molecule has 2 unspecified atom stereocenters. The van der Waals surface area contributed by atoms with Crippen molar-refractivity contribution in [1.82, 2.24) is 4.90 Å². The summed E-state index contributed by atoms with van der Waals surface area (Å²) < 4.78 is 11.2. The first-order valence-electron chi connectivity index (χ1n) is 9.56. The normalized spacial score (nSPS) is 19.4. The van der Waals surface area contributed by atoms with Gasteiger partial charge in [0.1, 0.15) is 13.2 Å². The first-order valence-corrected chi connectivity index (χ1v) is 9.56. The predicted octanol–water partition coefficient (Wildman–Crippen LogP) is 3.03. The van der Waals surface area contributed by atoms with Crippen molar-refractivity contribution in [3.05, 3.63) is 54.1 Å². The number of anilines is 1. The average molecular weight is 380 g/mol. The molecule has 2 aromatic carbocycles. The van der Waals surface area contributed by atoms with Crippen molar-refractivity contribution in [1.29, 1.82) is 0 Å². The van der Waals surface area contributed by atoms with Crippen molar-refractivity contribution in [3.63, 3.8) is 0 Å². The first kappa shape index (κ1) is 18.3. The zero-order valence-corrected chi connectivity index (χ0v) is 16.1. The molecule has 0 N–H and O–H groups in total. The van der Waals surface area contributed by atoms with Crippen LogP contribution >= 0.6 is 0 Å². The minimum atomic E-state index is -0.350. The summed E-state index contributed by atoms with van der Waals surface area (Å²) in [6, 6.07) is 15.3. The monoisotopic (exact) mass is 380 g/mol. The van der Waals surface area contributed by atoms with Gasteiger partial charge in [-0.15, -0.1) is 0 Å². The maximum Gasteiger partial charge on any atom is 0.228 e. The lowest BCUT2D eigenvalue weighted by Crippen LogP contribution is -2.36. The quantitative estimate of drug-likeness (QED) is 0.818. The smallest absolute Gasteiger partial charge is 0.228 e. The van der Waals surface area contributed by atoms with Gasteiger partial charge in [0.2, 0.25) is 11.8 Å². The number of carbonyl (C=O) groups is 2. The van der Waals surface area contributed by atoms with Crippen LogP contribution in [-0.2, 0) is 9.59 Å². The largest absolute Gasteiger partial charge is 0.486 e. The van der Waals surface area contributed by atoms with Crippen molar-refractivity contribution < 1.29 is 19.1 Å². The van der Waals surface area contributed by atoms with E-state index in [1.807, 2.05) is 55.5 Å². The number of nitrogens with zero attached hydrogens (tertiary/aromatic N) is 2.